The molecule has 0 heterocycles. The van der Waals surface area contributed by atoms with Gasteiger partial charge in [0.15, 0.2) is 0 Å². The number of aryl methyl sites for hydroxylation is 4. The summed E-state index contributed by atoms with van der Waals surface area (Å²) in [5, 5.41) is 80.3. The summed E-state index contributed by atoms with van der Waals surface area (Å²) >= 11 is 0. The Morgan fingerprint density at radius 1 is 0.235 bits per heavy atom. The second-order valence-corrected chi connectivity index (χ2v) is 28.7. The Morgan fingerprint density at radius 2 is 0.462 bits per heavy atom. The molecule has 23 nitrogen and oxygen atoms in total. The van der Waals surface area contributed by atoms with Crippen LogP contribution < -0.4 is 18.9 Å². The molecule has 23 heteroatoms. The van der Waals surface area contributed by atoms with Crippen LogP contribution in [0.4, 0.5) is 0 Å². The van der Waals surface area contributed by atoms with Crippen LogP contribution >= 0.6 is 0 Å². The third kappa shape index (κ3) is 14.7. The Bertz CT molecular complexity index is 5630. The van der Waals surface area contributed by atoms with Gasteiger partial charge in [0, 0.05) is 0 Å². The standard InChI is InChI=1S/C96H74O23/c1-5-15-51-43-55(115-59-27-35-67(85(97)98)73(47-59)89(105)106)31-39-77(51)95(78-40-32-56(44-52(78)16-6-2)116-60-28-36-68(86(99)100)74(48-60)90(107)108)81-25-11-9-19-63(81)65-21-13-23-71(83(65)95)93(113)119-94(114)72-24-14-22-66-64-20-10-12-26-82(64)96(84(66)72,79-41-33-57(45-53(79)17-7-3)117-61-29-37-69(87(101)102)75(49-61)91(109)110)80-42-34-58(46-54(80)18-8-4)118-62-30-38-70(88(103)104)76(50-62)92(111)112/h9-14,19-50H,5-8,15-18H2,1-4H3,(H,97,98)(H,99,100)(H,101,102)(H,103,104)(H,105,106)(H,107,108)(H,109,110)(H,111,112). The van der Waals surface area contributed by atoms with Crippen molar-refractivity contribution in [3.05, 3.63) is 353 Å². The fourth-order valence-corrected chi connectivity index (χ4v) is 16.9. The molecule has 0 aromatic heterocycles. The summed E-state index contributed by atoms with van der Waals surface area (Å²) in [6.45, 7) is 7.89. The Labute approximate surface area is 679 Å². The molecule has 0 aliphatic heterocycles. The molecule has 0 amide bonds. The van der Waals surface area contributed by atoms with Crippen molar-refractivity contribution in [3.8, 4) is 68.2 Å². The normalized spacial score (nSPS) is 12.4. The minimum atomic E-state index is -1.56. The molecule has 2 aliphatic rings. The molecule has 0 bridgehead atoms. The summed E-state index contributed by atoms with van der Waals surface area (Å²) in [7, 11) is 0. The van der Waals surface area contributed by atoms with Gasteiger partial charge in [-0.1, -0.05) is 150 Å². The number of carboxylic acids is 8. The van der Waals surface area contributed by atoms with Crippen LogP contribution in [0.1, 0.15) is 224 Å². The van der Waals surface area contributed by atoms with E-state index in [2.05, 4.69) is 0 Å². The molecule has 14 rings (SSSR count). The van der Waals surface area contributed by atoms with Crippen LogP contribution in [-0.4, -0.2) is 101 Å². The van der Waals surface area contributed by atoms with E-state index < -0.39 is 115 Å². The lowest BCUT2D eigenvalue weighted by molar-refractivity contribution is 0.0391. The zero-order valence-electron chi connectivity index (χ0n) is 64.3. The van der Waals surface area contributed by atoms with Crippen LogP contribution in [0.3, 0.4) is 0 Å². The predicted octanol–water partition coefficient (Wildman–Crippen LogP) is 20.0. The second-order valence-electron chi connectivity index (χ2n) is 28.7. The first-order chi connectivity index (χ1) is 57.2. The van der Waals surface area contributed by atoms with Crippen LogP contribution in [0, 0.1) is 0 Å². The van der Waals surface area contributed by atoms with Crippen molar-refractivity contribution in [2.24, 2.45) is 0 Å². The number of rotatable bonds is 30. The maximum absolute atomic E-state index is 16.6. The van der Waals surface area contributed by atoms with Gasteiger partial charge in [-0.2, -0.15) is 0 Å². The maximum atomic E-state index is 16.6. The van der Waals surface area contributed by atoms with E-state index in [1.165, 1.54) is 24.3 Å². The first-order valence-electron chi connectivity index (χ1n) is 38.2. The third-order valence-electron chi connectivity index (χ3n) is 21.5. The highest BCUT2D eigenvalue weighted by Crippen LogP contribution is 2.62. The summed E-state index contributed by atoms with van der Waals surface area (Å²) in [4.78, 5) is 132. The molecule has 0 saturated carbocycles. The van der Waals surface area contributed by atoms with Crippen LogP contribution in [0.5, 0.6) is 46.0 Å². The zero-order chi connectivity index (χ0) is 84.5. The highest BCUT2D eigenvalue weighted by atomic mass is 16.6. The largest absolute Gasteiger partial charge is 0.478 e. The molecule has 0 fully saturated rings. The first kappa shape index (κ1) is 80.4. The average Bonchev–Trinajstić information content (AvgIpc) is 1.54. The average molecular weight is 1600 g/mol. The Kier molecular flexibility index (Phi) is 22.2. The SMILES string of the molecule is CCCc1cc(Oc2ccc(C(=O)O)c(C(=O)O)c2)ccc1C1(c2ccc(Oc3ccc(C(=O)O)c(C(=O)O)c3)cc2CCC)c2ccccc2-c2cccc(C(=O)OC(=O)c3cccc4c3C(c3ccc(Oc5ccc(C(=O)O)c(C(=O)O)c5)cc3CCC)(c3ccc(Oc5ccc(C(=O)O)c(C(=O)O)c5)cc3CCC)c3ccccc3-4)c21. The lowest BCUT2D eigenvalue weighted by Gasteiger charge is -2.38. The van der Waals surface area contributed by atoms with Gasteiger partial charge in [0.25, 0.3) is 0 Å². The van der Waals surface area contributed by atoms with Crippen molar-refractivity contribution in [3.63, 3.8) is 0 Å². The van der Waals surface area contributed by atoms with Crippen LogP contribution in [-0.2, 0) is 41.3 Å². The number of ether oxygens (including phenoxy) is 5. The molecule has 0 radical (unpaired) electrons. The summed E-state index contributed by atoms with van der Waals surface area (Å²) in [6.07, 6.45) is 3.57. The lowest BCUT2D eigenvalue weighted by Crippen LogP contribution is -2.34. The molecule has 12 aromatic carbocycles. The number of benzene rings is 12. The molecule has 12 aromatic rings. The predicted molar refractivity (Wildman–Crippen MR) is 435 cm³/mol. The van der Waals surface area contributed by atoms with Crippen molar-refractivity contribution in [1.29, 1.82) is 0 Å². The highest BCUT2D eigenvalue weighted by molar-refractivity contribution is 6.10. The van der Waals surface area contributed by atoms with Gasteiger partial charge in [0.2, 0.25) is 0 Å². The second kappa shape index (κ2) is 32.9. The number of aromatic carboxylic acids is 8. The van der Waals surface area contributed by atoms with E-state index in [0.29, 0.717) is 140 Å². The maximum Gasteiger partial charge on any atom is 0.346 e. The number of carboxylic acid groups (broad SMARTS) is 8. The van der Waals surface area contributed by atoms with Gasteiger partial charge in [-0.05, 0) is 248 Å². The lowest BCUT2D eigenvalue weighted by atomic mass is 9.63. The van der Waals surface area contributed by atoms with Crippen molar-refractivity contribution in [2.45, 2.75) is 89.9 Å². The molecule has 0 atom stereocenters. The minimum absolute atomic E-state index is 0.0152. The van der Waals surface area contributed by atoms with Crippen LogP contribution in [0.25, 0.3) is 22.3 Å². The molecule has 596 valence electrons. The molecular formula is C96H74O23. The molecule has 0 spiro atoms. The van der Waals surface area contributed by atoms with E-state index in [4.69, 9.17) is 23.7 Å². The monoisotopic (exact) mass is 1590 g/mol. The van der Waals surface area contributed by atoms with Gasteiger partial charge >= 0.3 is 59.7 Å². The van der Waals surface area contributed by atoms with E-state index in [-0.39, 0.29) is 57.1 Å². The molecule has 119 heavy (non-hydrogen) atoms. The van der Waals surface area contributed by atoms with Crippen molar-refractivity contribution in [2.75, 3.05) is 0 Å². The molecule has 8 N–H and O–H groups in total. The van der Waals surface area contributed by atoms with Crippen molar-refractivity contribution in [1.82, 2.24) is 0 Å². The summed E-state index contributed by atoms with van der Waals surface area (Å²) in [6, 6.07) is 61.3. The van der Waals surface area contributed by atoms with E-state index >= 15 is 9.59 Å². The Hall–Kier alpha value is -15.3. The third-order valence-corrected chi connectivity index (χ3v) is 21.5. The van der Waals surface area contributed by atoms with Crippen LogP contribution in [0.2, 0.25) is 0 Å². The molecule has 0 saturated heterocycles. The Morgan fingerprint density at radius 3 is 0.706 bits per heavy atom. The zero-order valence-corrected chi connectivity index (χ0v) is 64.3. The van der Waals surface area contributed by atoms with Gasteiger partial charge in [-0.3, -0.25) is 0 Å². The number of carbonyl (C=O) groups excluding carboxylic acids is 2. The minimum Gasteiger partial charge on any atom is -0.478 e. The van der Waals surface area contributed by atoms with E-state index in [0.717, 1.165) is 48.5 Å². The number of hydrogen-bond acceptors (Lipinski definition) is 15. The van der Waals surface area contributed by atoms with Crippen molar-refractivity contribution >= 4 is 59.7 Å². The van der Waals surface area contributed by atoms with Gasteiger partial charge < -0.3 is 64.5 Å². The highest BCUT2D eigenvalue weighted by Gasteiger charge is 2.53. The molecular weight excluding hydrogens is 1520 g/mol. The number of carbonyl (C=O) groups is 10. The van der Waals surface area contributed by atoms with E-state index in [1.54, 1.807) is 72.8 Å². The number of fused-ring (bicyclic) bond motifs is 6. The van der Waals surface area contributed by atoms with Gasteiger partial charge in [-0.25, -0.2) is 47.9 Å². The van der Waals surface area contributed by atoms with Gasteiger partial charge in [-0.15, -0.1) is 0 Å². The number of esters is 2. The van der Waals surface area contributed by atoms with Gasteiger partial charge in [0.1, 0.15) is 46.0 Å². The van der Waals surface area contributed by atoms with Crippen molar-refractivity contribution < 1.29 is 112 Å². The molecule has 0 unspecified atom stereocenters. The van der Waals surface area contributed by atoms with Crippen LogP contribution in [0.15, 0.2) is 231 Å². The van der Waals surface area contributed by atoms with E-state index in [1.807, 2.05) is 113 Å². The summed E-state index contributed by atoms with van der Waals surface area (Å²) in [5.74, 6) is -13.0. The molecule has 2 aliphatic carbocycles. The smallest absolute Gasteiger partial charge is 0.346 e. The first-order valence-corrected chi connectivity index (χ1v) is 38.2. The Balaban J connectivity index is 0.974. The fraction of sp³-hybridized carbons (Fsp3) is 0.146. The summed E-state index contributed by atoms with van der Waals surface area (Å²) < 4.78 is 32.3. The van der Waals surface area contributed by atoms with E-state index in [9.17, 15) is 79.2 Å². The quantitative estimate of drug-likeness (QED) is 0.0153. The fourth-order valence-electron chi connectivity index (χ4n) is 16.9. The summed E-state index contributed by atoms with van der Waals surface area (Å²) in [5.41, 5.74) is 2.86. The topological polar surface area (TPSA) is 379 Å². The number of hydrogen-bond donors (Lipinski definition) is 8. The van der Waals surface area contributed by atoms with Gasteiger partial charge in [0.05, 0.1) is 66.5 Å².